The Hall–Kier alpha value is -2.00. The average Bonchev–Trinajstić information content (AvgIpc) is 3.22. The van der Waals surface area contributed by atoms with Crippen LogP contribution in [-0.4, -0.2) is 52.1 Å². The van der Waals surface area contributed by atoms with Gasteiger partial charge in [-0.2, -0.15) is 4.98 Å². The molecule has 28 heavy (non-hydrogen) atoms. The lowest BCUT2D eigenvalue weighted by Gasteiger charge is -2.31. The summed E-state index contributed by atoms with van der Waals surface area (Å²) in [5, 5.41) is 4.20. The lowest BCUT2D eigenvalue weighted by atomic mass is 10.1. The van der Waals surface area contributed by atoms with Crippen LogP contribution in [0.5, 0.6) is 0 Å². The molecule has 1 saturated heterocycles. The van der Waals surface area contributed by atoms with Gasteiger partial charge in [0.05, 0.1) is 5.75 Å². The molecule has 3 heterocycles. The van der Waals surface area contributed by atoms with Crippen LogP contribution < -0.4 is 10.9 Å². The molecule has 152 valence electrons. The van der Waals surface area contributed by atoms with E-state index in [2.05, 4.69) is 15.3 Å². The highest BCUT2D eigenvalue weighted by atomic mass is 32.2. The number of rotatable bonds is 5. The van der Waals surface area contributed by atoms with Crippen molar-refractivity contribution in [1.82, 2.24) is 18.8 Å². The summed E-state index contributed by atoms with van der Waals surface area (Å²) >= 11 is 0. The summed E-state index contributed by atoms with van der Waals surface area (Å²) in [6.07, 6.45) is 7.49. The van der Waals surface area contributed by atoms with Crippen LogP contribution in [0.1, 0.15) is 51.5 Å². The minimum absolute atomic E-state index is 0.0119. The second kappa shape index (κ2) is 7.79. The normalized spacial score (nSPS) is 20.0. The van der Waals surface area contributed by atoms with E-state index in [1.807, 2.05) is 4.57 Å². The summed E-state index contributed by atoms with van der Waals surface area (Å²) in [6.45, 7) is 2.69. The molecule has 8 nitrogen and oxygen atoms in total. The van der Waals surface area contributed by atoms with Gasteiger partial charge < -0.3 is 5.32 Å². The number of nitrogens with zero attached hydrogens (tertiary/aromatic N) is 4. The first kappa shape index (κ1) is 19.3. The Kier molecular flexibility index (Phi) is 5.37. The fraction of sp³-hybridized carbons (Fsp3) is 0.632. The van der Waals surface area contributed by atoms with Crippen molar-refractivity contribution in [1.29, 1.82) is 0 Å². The van der Waals surface area contributed by atoms with Gasteiger partial charge in [-0.15, -0.1) is 0 Å². The zero-order chi connectivity index (χ0) is 19.7. The maximum atomic E-state index is 12.5. The van der Waals surface area contributed by atoms with E-state index in [1.54, 1.807) is 29.6 Å². The van der Waals surface area contributed by atoms with Gasteiger partial charge in [-0.3, -0.25) is 9.36 Å². The molecule has 0 radical (unpaired) electrons. The number of piperidine rings is 1. The van der Waals surface area contributed by atoms with Crippen LogP contribution in [0.15, 0.2) is 23.1 Å². The van der Waals surface area contributed by atoms with Crippen molar-refractivity contribution in [2.45, 2.75) is 57.5 Å². The third kappa shape index (κ3) is 3.77. The highest BCUT2D eigenvalue weighted by Crippen LogP contribution is 2.30. The van der Waals surface area contributed by atoms with E-state index in [1.165, 1.54) is 0 Å². The number of fused-ring (bicyclic) bond motifs is 1. The van der Waals surface area contributed by atoms with Gasteiger partial charge in [0.1, 0.15) is 5.65 Å². The Morgan fingerprint density at radius 2 is 1.86 bits per heavy atom. The number of sulfonamides is 1. The summed E-state index contributed by atoms with van der Waals surface area (Å²) in [5.74, 6) is 0.638. The average molecular weight is 406 g/mol. The maximum Gasteiger partial charge on any atom is 0.252 e. The lowest BCUT2D eigenvalue weighted by Crippen LogP contribution is -2.43. The molecule has 9 heteroatoms. The first-order valence-electron chi connectivity index (χ1n) is 10.1. The number of anilines is 1. The van der Waals surface area contributed by atoms with Gasteiger partial charge in [0.25, 0.3) is 5.56 Å². The maximum absolute atomic E-state index is 12.5. The first-order valence-corrected chi connectivity index (χ1v) is 11.7. The Morgan fingerprint density at radius 3 is 2.54 bits per heavy atom. The van der Waals surface area contributed by atoms with Gasteiger partial charge in [-0.25, -0.2) is 17.7 Å². The summed E-state index contributed by atoms with van der Waals surface area (Å²) in [7, 11) is -3.13. The zero-order valence-electron chi connectivity index (χ0n) is 16.2. The summed E-state index contributed by atoms with van der Waals surface area (Å²) < 4.78 is 27.4. The smallest absolute Gasteiger partial charge is 0.252 e. The number of pyridine rings is 1. The molecule has 0 spiro atoms. The van der Waals surface area contributed by atoms with Crippen LogP contribution in [0.4, 0.5) is 5.95 Å². The predicted octanol–water partition coefficient (Wildman–Crippen LogP) is 2.13. The molecule has 1 aliphatic heterocycles. The summed E-state index contributed by atoms with van der Waals surface area (Å²) in [6, 6.07) is 3.71. The highest BCUT2D eigenvalue weighted by Gasteiger charge is 2.27. The first-order chi connectivity index (χ1) is 13.5. The Bertz CT molecular complexity index is 1010. The second-order valence-corrected chi connectivity index (χ2v) is 9.93. The van der Waals surface area contributed by atoms with Crippen LogP contribution in [0.25, 0.3) is 11.0 Å². The molecular formula is C19H27N5O3S. The standard InChI is InChI=1S/C19H27N5O3S/c1-2-28(26,27)23-11-9-15(10-12-23)21-19-20-13-14-7-8-17(25)24(18(14)22-19)16-5-3-4-6-16/h7-8,13,15-16H,2-6,9-12H2,1H3,(H,20,21,22). The molecule has 0 bridgehead atoms. The quantitative estimate of drug-likeness (QED) is 0.818. The molecule has 1 saturated carbocycles. The number of hydrogen-bond donors (Lipinski definition) is 1. The second-order valence-electron chi connectivity index (χ2n) is 7.67. The van der Waals surface area contributed by atoms with Crippen molar-refractivity contribution in [3.8, 4) is 0 Å². The third-order valence-corrected chi connectivity index (χ3v) is 7.78. The molecule has 0 aromatic carbocycles. The summed E-state index contributed by atoms with van der Waals surface area (Å²) in [4.78, 5) is 21.6. The largest absolute Gasteiger partial charge is 0.351 e. The van der Waals surface area contributed by atoms with Crippen molar-refractivity contribution in [3.05, 3.63) is 28.7 Å². The minimum Gasteiger partial charge on any atom is -0.351 e. The van der Waals surface area contributed by atoms with Crippen LogP contribution in [0, 0.1) is 0 Å². The predicted molar refractivity (Wildman–Crippen MR) is 109 cm³/mol. The minimum atomic E-state index is -3.13. The highest BCUT2D eigenvalue weighted by molar-refractivity contribution is 7.89. The van der Waals surface area contributed by atoms with Gasteiger partial charge in [0, 0.05) is 42.8 Å². The molecule has 1 aliphatic carbocycles. The lowest BCUT2D eigenvalue weighted by molar-refractivity contribution is 0.329. The van der Waals surface area contributed by atoms with Gasteiger partial charge in [-0.1, -0.05) is 12.8 Å². The van der Waals surface area contributed by atoms with Gasteiger partial charge in [0.2, 0.25) is 16.0 Å². The Balaban J connectivity index is 1.54. The van der Waals surface area contributed by atoms with Crippen molar-refractivity contribution in [2.24, 2.45) is 0 Å². The molecular weight excluding hydrogens is 378 g/mol. The molecule has 0 amide bonds. The van der Waals surface area contributed by atoms with Crippen molar-refractivity contribution >= 4 is 27.0 Å². The number of nitrogens with one attached hydrogen (secondary N) is 1. The van der Waals surface area contributed by atoms with E-state index in [0.717, 1.165) is 31.1 Å². The van der Waals surface area contributed by atoms with Crippen molar-refractivity contribution in [2.75, 3.05) is 24.2 Å². The Labute approximate surface area is 165 Å². The van der Waals surface area contributed by atoms with E-state index in [9.17, 15) is 13.2 Å². The molecule has 0 atom stereocenters. The number of hydrogen-bond acceptors (Lipinski definition) is 6. The van der Waals surface area contributed by atoms with Gasteiger partial charge >= 0.3 is 0 Å². The van der Waals surface area contributed by atoms with E-state index >= 15 is 0 Å². The van der Waals surface area contributed by atoms with Gasteiger partial charge in [0.15, 0.2) is 0 Å². The molecule has 2 fully saturated rings. The molecule has 0 unspecified atom stereocenters. The monoisotopic (exact) mass is 405 g/mol. The topological polar surface area (TPSA) is 97.2 Å². The van der Waals surface area contributed by atoms with Gasteiger partial charge in [-0.05, 0) is 38.7 Å². The fourth-order valence-electron chi connectivity index (χ4n) is 4.27. The molecule has 2 aromatic heterocycles. The van der Waals surface area contributed by atoms with Crippen LogP contribution in [0.2, 0.25) is 0 Å². The van der Waals surface area contributed by atoms with E-state index in [-0.39, 0.29) is 23.4 Å². The molecule has 2 aliphatic rings. The summed E-state index contributed by atoms with van der Waals surface area (Å²) in [5.41, 5.74) is 0.671. The van der Waals surface area contributed by atoms with E-state index in [0.29, 0.717) is 37.5 Å². The SMILES string of the molecule is CCS(=O)(=O)N1CCC(Nc2ncc3ccc(=O)n(C4CCCC4)c3n2)CC1. The van der Waals surface area contributed by atoms with Crippen LogP contribution >= 0.6 is 0 Å². The fourth-order valence-corrected chi connectivity index (χ4v) is 5.40. The Morgan fingerprint density at radius 1 is 1.14 bits per heavy atom. The molecule has 2 aromatic rings. The van der Waals surface area contributed by atoms with E-state index in [4.69, 9.17) is 0 Å². The zero-order valence-corrected chi connectivity index (χ0v) is 17.0. The van der Waals surface area contributed by atoms with Crippen molar-refractivity contribution in [3.63, 3.8) is 0 Å². The molecule has 1 N–H and O–H groups in total. The van der Waals surface area contributed by atoms with Crippen LogP contribution in [0.3, 0.4) is 0 Å². The van der Waals surface area contributed by atoms with Crippen molar-refractivity contribution < 1.29 is 8.42 Å². The van der Waals surface area contributed by atoms with E-state index < -0.39 is 10.0 Å². The third-order valence-electron chi connectivity index (χ3n) is 5.90. The molecule has 4 rings (SSSR count). The van der Waals surface area contributed by atoms with Crippen LogP contribution in [-0.2, 0) is 10.0 Å². The number of aromatic nitrogens is 3.